The van der Waals surface area contributed by atoms with Crippen LogP contribution in [0.3, 0.4) is 0 Å². The molecule has 240 valence electrons. The Morgan fingerprint density at radius 2 is 1.31 bits per heavy atom. The number of ether oxygens (including phenoxy) is 7. The van der Waals surface area contributed by atoms with Gasteiger partial charge in [-0.2, -0.15) is 0 Å². The number of phenolic OH excluding ortho intramolecular Hbond substituents is 1. The van der Waals surface area contributed by atoms with E-state index in [1.807, 2.05) is 0 Å². The molecule has 2 aromatic rings. The zero-order valence-electron chi connectivity index (χ0n) is 25.3. The Morgan fingerprint density at radius 1 is 0.756 bits per heavy atom. The molecule has 13 nitrogen and oxygen atoms in total. The summed E-state index contributed by atoms with van der Waals surface area (Å²) in [7, 11) is 2.80. The van der Waals surface area contributed by atoms with Crippen molar-refractivity contribution in [1.29, 1.82) is 0 Å². The van der Waals surface area contributed by atoms with Crippen LogP contribution in [0.15, 0.2) is 48.6 Å². The van der Waals surface area contributed by atoms with Gasteiger partial charge in [-0.15, -0.1) is 0 Å². The van der Waals surface area contributed by atoms with E-state index in [0.717, 1.165) is 0 Å². The van der Waals surface area contributed by atoms with Crippen LogP contribution < -0.4 is 14.2 Å². The van der Waals surface area contributed by atoms with Crippen molar-refractivity contribution in [2.45, 2.75) is 51.8 Å². The number of esters is 3. The van der Waals surface area contributed by atoms with Gasteiger partial charge in [0.1, 0.15) is 12.7 Å². The van der Waals surface area contributed by atoms with Crippen molar-refractivity contribution in [3.05, 3.63) is 59.7 Å². The summed E-state index contributed by atoms with van der Waals surface area (Å²) < 4.78 is 37.9. The second-order valence-electron chi connectivity index (χ2n) is 9.73. The summed E-state index contributed by atoms with van der Waals surface area (Å²) in [5.41, 5.74) is 1.15. The minimum Gasteiger partial charge on any atom is -0.504 e. The molecule has 0 aromatic heterocycles. The number of carbonyl (C=O) groups excluding carboxylic acids is 5. The van der Waals surface area contributed by atoms with E-state index in [2.05, 4.69) is 0 Å². The van der Waals surface area contributed by atoms with Crippen LogP contribution in [0.5, 0.6) is 23.0 Å². The lowest BCUT2D eigenvalue weighted by Crippen LogP contribution is -2.42. The fraction of sp³-hybridized carbons (Fsp3) is 0.344. The minimum atomic E-state index is -1.27. The smallest absolute Gasteiger partial charge is 0.303 e. The Hall–Kier alpha value is -5.17. The van der Waals surface area contributed by atoms with Crippen molar-refractivity contribution in [2.24, 2.45) is 0 Å². The van der Waals surface area contributed by atoms with E-state index in [0.29, 0.717) is 11.1 Å². The first kappa shape index (κ1) is 34.3. The first-order valence-electron chi connectivity index (χ1n) is 13.7. The van der Waals surface area contributed by atoms with Crippen LogP contribution >= 0.6 is 0 Å². The first-order valence-corrected chi connectivity index (χ1v) is 13.7. The van der Waals surface area contributed by atoms with Gasteiger partial charge in [-0.05, 0) is 47.5 Å². The third-order valence-corrected chi connectivity index (χ3v) is 6.23. The van der Waals surface area contributed by atoms with E-state index in [-0.39, 0.29) is 36.0 Å². The standard InChI is InChI=1S/C32H34O13/c1-18(33)41-17-29-30(42-19(2)34)31(43-20(3)35)32(45-29)44-26-13-9-22(15-28(26)40-5)7-11-24(37)16-23(36)10-6-21-8-12-25(38)27(14-21)39-4/h6-15,29-32,38H,16-17H2,1-5H3/b10-6+,11-7+. The van der Waals surface area contributed by atoms with Crippen molar-refractivity contribution < 1.29 is 62.2 Å². The number of methoxy groups -OCH3 is 2. The summed E-state index contributed by atoms with van der Waals surface area (Å²) in [6, 6.07) is 9.28. The van der Waals surface area contributed by atoms with Gasteiger partial charge in [-0.25, -0.2) is 0 Å². The van der Waals surface area contributed by atoms with Gasteiger partial charge in [0.15, 0.2) is 40.7 Å². The SMILES string of the molecule is COc1cc(/C=C/C(=O)CC(=O)/C=C/c2ccc(OC3OC(COC(C)=O)C(OC(C)=O)C3OC(C)=O)c(OC)c2)ccc1O. The second-order valence-corrected chi connectivity index (χ2v) is 9.73. The topological polar surface area (TPSA) is 170 Å². The molecule has 4 unspecified atom stereocenters. The Kier molecular flexibility index (Phi) is 12.2. The van der Waals surface area contributed by atoms with Gasteiger partial charge < -0.3 is 38.3 Å². The van der Waals surface area contributed by atoms with Crippen molar-refractivity contribution in [3.8, 4) is 23.0 Å². The summed E-state index contributed by atoms with van der Waals surface area (Å²) in [5, 5.41) is 9.68. The summed E-state index contributed by atoms with van der Waals surface area (Å²) in [6.07, 6.45) is 0.579. The van der Waals surface area contributed by atoms with Gasteiger partial charge >= 0.3 is 17.9 Å². The number of carbonyl (C=O) groups is 5. The molecule has 1 N–H and O–H groups in total. The Labute approximate surface area is 259 Å². The maximum absolute atomic E-state index is 12.4. The summed E-state index contributed by atoms with van der Waals surface area (Å²) in [6.45, 7) is 3.25. The zero-order valence-corrected chi connectivity index (χ0v) is 25.3. The lowest BCUT2D eigenvalue weighted by atomic mass is 10.1. The van der Waals surface area contributed by atoms with Crippen molar-refractivity contribution in [3.63, 3.8) is 0 Å². The lowest BCUT2D eigenvalue weighted by Gasteiger charge is -2.23. The molecule has 1 aliphatic rings. The van der Waals surface area contributed by atoms with Gasteiger partial charge in [0, 0.05) is 20.8 Å². The molecule has 2 aromatic carbocycles. The second kappa shape index (κ2) is 16.1. The van der Waals surface area contributed by atoms with Crippen molar-refractivity contribution >= 4 is 41.6 Å². The molecule has 3 rings (SSSR count). The maximum atomic E-state index is 12.4. The van der Waals surface area contributed by atoms with Crippen LogP contribution in [-0.2, 0) is 42.9 Å². The highest BCUT2D eigenvalue weighted by Gasteiger charge is 2.51. The average Bonchev–Trinajstić information content (AvgIpc) is 3.28. The number of rotatable bonds is 14. The van der Waals surface area contributed by atoms with Crippen LogP contribution in [0.1, 0.15) is 38.3 Å². The molecular formula is C32H34O13. The average molecular weight is 627 g/mol. The van der Waals surface area contributed by atoms with E-state index >= 15 is 0 Å². The molecule has 4 atom stereocenters. The predicted molar refractivity (Wildman–Crippen MR) is 157 cm³/mol. The van der Waals surface area contributed by atoms with E-state index in [1.165, 1.54) is 71.4 Å². The van der Waals surface area contributed by atoms with E-state index in [9.17, 15) is 29.1 Å². The highest BCUT2D eigenvalue weighted by molar-refractivity contribution is 6.10. The normalized spacial score (nSPS) is 19.2. The quantitative estimate of drug-likeness (QED) is 0.140. The van der Waals surface area contributed by atoms with Gasteiger partial charge in [-0.1, -0.05) is 24.3 Å². The molecule has 0 bridgehead atoms. The van der Waals surface area contributed by atoms with E-state index < -0.39 is 54.1 Å². The monoisotopic (exact) mass is 626 g/mol. The molecule has 1 fully saturated rings. The van der Waals surface area contributed by atoms with Crippen LogP contribution in [0.4, 0.5) is 0 Å². The third-order valence-electron chi connectivity index (χ3n) is 6.23. The fourth-order valence-corrected chi connectivity index (χ4v) is 4.25. The van der Waals surface area contributed by atoms with Gasteiger partial charge in [0.05, 0.1) is 20.6 Å². The largest absolute Gasteiger partial charge is 0.504 e. The Balaban J connectivity index is 1.69. The van der Waals surface area contributed by atoms with Crippen LogP contribution in [0, 0.1) is 0 Å². The summed E-state index contributed by atoms with van der Waals surface area (Å²) >= 11 is 0. The molecule has 0 amide bonds. The number of phenols is 1. The Morgan fingerprint density at radius 3 is 1.87 bits per heavy atom. The molecule has 1 aliphatic heterocycles. The van der Waals surface area contributed by atoms with E-state index in [4.69, 9.17) is 33.2 Å². The fourth-order valence-electron chi connectivity index (χ4n) is 4.25. The van der Waals surface area contributed by atoms with Crippen LogP contribution in [0.25, 0.3) is 12.2 Å². The zero-order chi connectivity index (χ0) is 33.1. The van der Waals surface area contributed by atoms with Gasteiger partial charge in [-0.3, -0.25) is 24.0 Å². The molecule has 13 heteroatoms. The number of aromatic hydroxyl groups is 1. The number of ketones is 2. The highest BCUT2D eigenvalue weighted by atomic mass is 16.7. The van der Waals surface area contributed by atoms with Crippen molar-refractivity contribution in [1.82, 2.24) is 0 Å². The molecule has 1 heterocycles. The lowest BCUT2D eigenvalue weighted by molar-refractivity contribution is -0.170. The van der Waals surface area contributed by atoms with Gasteiger partial charge in [0.25, 0.3) is 0 Å². The molecule has 1 saturated heterocycles. The summed E-state index contributed by atoms with van der Waals surface area (Å²) in [4.78, 5) is 59.7. The molecule has 0 radical (unpaired) electrons. The predicted octanol–water partition coefficient (Wildman–Crippen LogP) is 3.19. The molecule has 0 aliphatic carbocycles. The number of benzene rings is 2. The van der Waals surface area contributed by atoms with Crippen LogP contribution in [0.2, 0.25) is 0 Å². The number of hydrogen-bond acceptors (Lipinski definition) is 13. The van der Waals surface area contributed by atoms with Gasteiger partial charge in [0.2, 0.25) is 12.4 Å². The molecule has 45 heavy (non-hydrogen) atoms. The third kappa shape index (κ3) is 10.2. The first-order chi connectivity index (χ1) is 21.4. The van der Waals surface area contributed by atoms with Crippen molar-refractivity contribution in [2.75, 3.05) is 20.8 Å². The number of allylic oxidation sites excluding steroid dienone is 2. The highest BCUT2D eigenvalue weighted by Crippen LogP contribution is 2.35. The summed E-state index contributed by atoms with van der Waals surface area (Å²) in [5.74, 6) is -2.19. The van der Waals surface area contributed by atoms with E-state index in [1.54, 1.807) is 24.3 Å². The molecule has 0 spiro atoms. The molecule has 0 saturated carbocycles. The number of hydrogen-bond donors (Lipinski definition) is 1. The Bertz CT molecular complexity index is 1480. The minimum absolute atomic E-state index is 0.0339. The van der Waals surface area contributed by atoms with Crippen LogP contribution in [-0.4, -0.2) is 80.0 Å². The molecular weight excluding hydrogens is 592 g/mol. The maximum Gasteiger partial charge on any atom is 0.303 e.